The zero-order valence-corrected chi connectivity index (χ0v) is 11.7. The Labute approximate surface area is 116 Å². The van der Waals surface area contributed by atoms with Crippen molar-refractivity contribution in [2.24, 2.45) is 4.99 Å². The van der Waals surface area contributed by atoms with Crippen LogP contribution in [0, 0.1) is 0 Å². The van der Waals surface area contributed by atoms with E-state index in [1.807, 2.05) is 35.4 Å². The molecule has 0 fully saturated rings. The molecule has 2 rings (SSSR count). The third kappa shape index (κ3) is 3.08. The van der Waals surface area contributed by atoms with Crippen LogP contribution in [0.15, 0.2) is 41.7 Å². The molecule has 6 heteroatoms. The molecule has 1 aromatic carbocycles. The predicted octanol–water partition coefficient (Wildman–Crippen LogP) is 2.41. The van der Waals surface area contributed by atoms with Crippen LogP contribution in [-0.2, 0) is 6.54 Å². The quantitative estimate of drug-likeness (QED) is 0.922. The van der Waals surface area contributed by atoms with E-state index in [4.69, 9.17) is 4.74 Å². The summed E-state index contributed by atoms with van der Waals surface area (Å²) in [4.78, 5) is 17.1. The van der Waals surface area contributed by atoms with Gasteiger partial charge in [0.25, 0.3) is 0 Å². The number of carbonyl (C=O) groups excluding carboxylic acids is 1. The van der Waals surface area contributed by atoms with Gasteiger partial charge in [-0.2, -0.15) is 4.99 Å². The Morgan fingerprint density at radius 3 is 2.68 bits per heavy atom. The first-order valence-electron chi connectivity index (χ1n) is 5.67. The van der Waals surface area contributed by atoms with Crippen LogP contribution in [0.5, 0.6) is 5.75 Å². The lowest BCUT2D eigenvalue weighted by Crippen LogP contribution is -2.41. The Morgan fingerprint density at radius 1 is 1.42 bits per heavy atom. The zero-order valence-electron chi connectivity index (χ0n) is 10.8. The highest BCUT2D eigenvalue weighted by Crippen LogP contribution is 2.19. The molecule has 0 radical (unpaired) electrons. The third-order valence-corrected chi connectivity index (χ3v) is 3.36. The number of benzene rings is 1. The molecule has 0 saturated carbocycles. The number of methoxy groups -OCH3 is 1. The van der Waals surface area contributed by atoms with Gasteiger partial charge >= 0.3 is 6.03 Å². The summed E-state index contributed by atoms with van der Waals surface area (Å²) < 4.78 is 5.12. The van der Waals surface area contributed by atoms with Crippen molar-refractivity contribution in [1.82, 2.24) is 10.2 Å². The van der Waals surface area contributed by atoms with E-state index in [1.165, 1.54) is 11.8 Å². The molecule has 0 spiro atoms. The van der Waals surface area contributed by atoms with Gasteiger partial charge in [-0.25, -0.2) is 4.79 Å². The number of nitrogens with zero attached hydrogens (tertiary/aromatic N) is 2. The standard InChI is InChI=1S/C13H15N3O2S/c1-9-14-12(17)15-13(19-3)16(9)8-10-4-6-11(18-2)7-5-10/h4-7H,1,8H2,2-3H3,(H,14,17). The summed E-state index contributed by atoms with van der Waals surface area (Å²) in [5, 5.41) is 3.25. The van der Waals surface area contributed by atoms with E-state index in [2.05, 4.69) is 16.9 Å². The van der Waals surface area contributed by atoms with Gasteiger partial charge < -0.3 is 9.64 Å². The van der Waals surface area contributed by atoms with E-state index >= 15 is 0 Å². The topological polar surface area (TPSA) is 53.9 Å². The minimum atomic E-state index is -0.375. The second kappa shape index (κ2) is 5.79. The van der Waals surface area contributed by atoms with Gasteiger partial charge in [-0.1, -0.05) is 30.5 Å². The number of amidine groups is 1. The van der Waals surface area contributed by atoms with Gasteiger partial charge in [-0.05, 0) is 24.0 Å². The average Bonchev–Trinajstić information content (AvgIpc) is 2.42. The maximum Gasteiger partial charge on any atom is 0.348 e. The maximum atomic E-state index is 11.3. The van der Waals surface area contributed by atoms with E-state index < -0.39 is 0 Å². The number of thioether (sulfide) groups is 1. The lowest BCUT2D eigenvalue weighted by Gasteiger charge is -2.29. The molecule has 0 atom stereocenters. The van der Waals surface area contributed by atoms with Crippen LogP contribution in [0.1, 0.15) is 5.56 Å². The lowest BCUT2D eigenvalue weighted by atomic mass is 10.2. The number of hydrogen-bond donors (Lipinski definition) is 1. The summed E-state index contributed by atoms with van der Waals surface area (Å²) in [6, 6.07) is 7.37. The fourth-order valence-electron chi connectivity index (χ4n) is 1.71. The van der Waals surface area contributed by atoms with Gasteiger partial charge in [0.2, 0.25) is 0 Å². The van der Waals surface area contributed by atoms with Crippen molar-refractivity contribution in [3.8, 4) is 5.75 Å². The fraction of sp³-hybridized carbons (Fsp3) is 0.231. The third-order valence-electron chi connectivity index (χ3n) is 2.69. The lowest BCUT2D eigenvalue weighted by molar-refractivity contribution is 0.246. The summed E-state index contributed by atoms with van der Waals surface area (Å²) in [6.45, 7) is 4.45. The number of amides is 2. The monoisotopic (exact) mass is 277 g/mol. The molecule has 0 aliphatic carbocycles. The Hall–Kier alpha value is -1.95. The molecule has 0 saturated heterocycles. The normalized spacial score (nSPS) is 15.1. The van der Waals surface area contributed by atoms with Gasteiger partial charge in [0.1, 0.15) is 11.6 Å². The molecule has 1 aliphatic rings. The highest BCUT2D eigenvalue weighted by molar-refractivity contribution is 8.13. The number of aliphatic imine (C=N–C) groups is 1. The zero-order chi connectivity index (χ0) is 13.8. The van der Waals surface area contributed by atoms with Crippen LogP contribution in [0.4, 0.5) is 4.79 Å². The van der Waals surface area contributed by atoms with Crippen molar-refractivity contribution in [3.05, 3.63) is 42.2 Å². The summed E-state index contributed by atoms with van der Waals surface area (Å²) in [5.74, 6) is 1.36. The van der Waals surface area contributed by atoms with Crippen LogP contribution in [-0.4, -0.2) is 29.5 Å². The number of ether oxygens (including phenoxy) is 1. The number of rotatable bonds is 3. The second-order valence-corrected chi connectivity index (χ2v) is 4.68. The highest BCUT2D eigenvalue weighted by Gasteiger charge is 2.22. The van der Waals surface area contributed by atoms with Gasteiger partial charge in [0.15, 0.2) is 5.17 Å². The first-order valence-corrected chi connectivity index (χ1v) is 6.89. The Balaban J connectivity index is 2.18. The molecule has 2 amide bonds. The molecular weight excluding hydrogens is 262 g/mol. The van der Waals surface area contributed by atoms with Gasteiger partial charge in [-0.3, -0.25) is 5.32 Å². The molecule has 1 aromatic rings. The summed E-state index contributed by atoms with van der Waals surface area (Å²) in [6.07, 6.45) is 1.88. The second-order valence-electron chi connectivity index (χ2n) is 3.91. The van der Waals surface area contributed by atoms with E-state index in [9.17, 15) is 4.79 Å². The number of hydrogen-bond acceptors (Lipinski definition) is 4. The van der Waals surface area contributed by atoms with Crippen LogP contribution < -0.4 is 10.1 Å². The summed E-state index contributed by atoms with van der Waals surface area (Å²) in [7, 11) is 1.63. The fourth-order valence-corrected chi connectivity index (χ4v) is 2.28. The van der Waals surface area contributed by atoms with Crippen molar-refractivity contribution >= 4 is 23.0 Å². The highest BCUT2D eigenvalue weighted by atomic mass is 32.2. The molecule has 0 bridgehead atoms. The van der Waals surface area contributed by atoms with Crippen molar-refractivity contribution < 1.29 is 9.53 Å². The number of urea groups is 1. The van der Waals surface area contributed by atoms with Crippen molar-refractivity contribution in [2.75, 3.05) is 13.4 Å². The van der Waals surface area contributed by atoms with Crippen LogP contribution in [0.25, 0.3) is 0 Å². The largest absolute Gasteiger partial charge is 0.497 e. The molecule has 0 aromatic heterocycles. The smallest absolute Gasteiger partial charge is 0.348 e. The molecule has 0 unspecified atom stereocenters. The Bertz CT molecular complexity index is 525. The minimum Gasteiger partial charge on any atom is -0.497 e. The molecule has 19 heavy (non-hydrogen) atoms. The first-order chi connectivity index (χ1) is 9.13. The van der Waals surface area contributed by atoms with Crippen LogP contribution >= 0.6 is 11.8 Å². The van der Waals surface area contributed by atoms with Crippen molar-refractivity contribution in [2.45, 2.75) is 6.54 Å². The number of carbonyl (C=O) groups is 1. The van der Waals surface area contributed by atoms with Gasteiger partial charge in [-0.15, -0.1) is 0 Å². The predicted molar refractivity (Wildman–Crippen MR) is 77.2 cm³/mol. The van der Waals surface area contributed by atoms with Crippen molar-refractivity contribution in [3.63, 3.8) is 0 Å². The van der Waals surface area contributed by atoms with Crippen LogP contribution in [0.2, 0.25) is 0 Å². The SMILES string of the molecule is C=C1NC(=O)N=C(SC)N1Cc1ccc(OC)cc1. The molecule has 1 N–H and O–H groups in total. The molecule has 100 valence electrons. The van der Waals surface area contributed by atoms with E-state index in [0.29, 0.717) is 17.5 Å². The van der Waals surface area contributed by atoms with Crippen LogP contribution in [0.3, 0.4) is 0 Å². The molecule has 1 aliphatic heterocycles. The Kier molecular flexibility index (Phi) is 4.11. The molecule has 5 nitrogen and oxygen atoms in total. The van der Waals surface area contributed by atoms with Gasteiger partial charge in [0, 0.05) is 0 Å². The average molecular weight is 277 g/mol. The minimum absolute atomic E-state index is 0.375. The molecular formula is C13H15N3O2S. The van der Waals surface area contributed by atoms with E-state index in [1.54, 1.807) is 7.11 Å². The maximum absolute atomic E-state index is 11.3. The van der Waals surface area contributed by atoms with E-state index in [-0.39, 0.29) is 6.03 Å². The molecule has 1 heterocycles. The number of nitrogens with one attached hydrogen (secondary N) is 1. The summed E-state index contributed by atoms with van der Waals surface area (Å²) in [5.41, 5.74) is 1.08. The summed E-state index contributed by atoms with van der Waals surface area (Å²) >= 11 is 1.42. The van der Waals surface area contributed by atoms with Gasteiger partial charge in [0.05, 0.1) is 13.7 Å². The Morgan fingerprint density at radius 2 is 2.11 bits per heavy atom. The van der Waals surface area contributed by atoms with E-state index in [0.717, 1.165) is 11.3 Å². The van der Waals surface area contributed by atoms with Crippen molar-refractivity contribution in [1.29, 1.82) is 0 Å². The first kappa shape index (κ1) is 13.5.